The average Bonchev–Trinajstić information content (AvgIpc) is 3.46. The summed E-state index contributed by atoms with van der Waals surface area (Å²) < 4.78 is 34.6. The van der Waals surface area contributed by atoms with E-state index in [0.29, 0.717) is 6.61 Å². The maximum Gasteiger partial charge on any atom is 0.306 e. The molecule has 482 valence electrons. The third-order valence-corrected chi connectivity index (χ3v) is 17.1. The summed E-state index contributed by atoms with van der Waals surface area (Å²) in [6, 6.07) is 0. The molecular weight excluding hydrogens is 1030 g/mol. The van der Waals surface area contributed by atoms with Crippen molar-refractivity contribution in [2.75, 3.05) is 33.0 Å². The first-order valence-electron chi connectivity index (χ1n) is 34.6. The highest BCUT2D eigenvalue weighted by Gasteiger charge is 2.47. The summed E-state index contributed by atoms with van der Waals surface area (Å²) in [5.41, 5.74) is 0. The summed E-state index contributed by atoms with van der Waals surface area (Å²) >= 11 is 0. The first-order valence-corrected chi connectivity index (χ1v) is 34.6. The van der Waals surface area contributed by atoms with Crippen LogP contribution in [0.5, 0.6) is 0 Å². The molecule has 2 rings (SSSR count). The van der Waals surface area contributed by atoms with Gasteiger partial charge in [-0.1, -0.05) is 303 Å². The largest absolute Gasteiger partial charge is 0.457 e. The van der Waals surface area contributed by atoms with Gasteiger partial charge in [0.2, 0.25) is 0 Å². The van der Waals surface area contributed by atoms with E-state index in [1.165, 1.54) is 257 Å². The summed E-state index contributed by atoms with van der Waals surface area (Å²) in [5, 5.41) is 72.6. The van der Waals surface area contributed by atoms with Gasteiger partial charge in [-0.05, 0) is 12.8 Å². The first kappa shape index (κ1) is 76.1. The van der Waals surface area contributed by atoms with E-state index in [-0.39, 0.29) is 25.6 Å². The van der Waals surface area contributed by atoms with Crippen molar-refractivity contribution in [3.05, 3.63) is 0 Å². The number of esters is 1. The monoisotopic (exact) mass is 1160 g/mol. The highest BCUT2D eigenvalue weighted by atomic mass is 16.7. The van der Waals surface area contributed by atoms with Gasteiger partial charge >= 0.3 is 5.97 Å². The summed E-state index contributed by atoms with van der Waals surface area (Å²) in [6.07, 6.45) is 46.1. The Morgan fingerprint density at radius 2 is 0.654 bits per heavy atom. The van der Waals surface area contributed by atoms with E-state index in [9.17, 15) is 40.5 Å². The molecule has 11 atom stereocenters. The normalized spacial score (nSPS) is 23.6. The van der Waals surface area contributed by atoms with Crippen molar-refractivity contribution in [2.24, 2.45) is 0 Å². The van der Waals surface area contributed by atoms with Crippen molar-refractivity contribution in [1.29, 1.82) is 0 Å². The lowest BCUT2D eigenvalue weighted by Crippen LogP contribution is -2.61. The van der Waals surface area contributed by atoms with Gasteiger partial charge in [-0.2, -0.15) is 0 Å². The Labute approximate surface area is 495 Å². The van der Waals surface area contributed by atoms with Crippen LogP contribution in [-0.4, -0.2) is 142 Å². The van der Waals surface area contributed by atoms with Crippen molar-refractivity contribution >= 4 is 5.97 Å². The van der Waals surface area contributed by atoms with Gasteiger partial charge in [-0.3, -0.25) is 4.79 Å². The van der Waals surface area contributed by atoms with Crippen molar-refractivity contribution in [1.82, 2.24) is 0 Å². The van der Waals surface area contributed by atoms with Crippen molar-refractivity contribution in [3.63, 3.8) is 0 Å². The van der Waals surface area contributed by atoms with Crippen LogP contribution in [0.2, 0.25) is 0 Å². The number of ether oxygens (including phenoxy) is 6. The Morgan fingerprint density at radius 1 is 0.358 bits per heavy atom. The van der Waals surface area contributed by atoms with Crippen LogP contribution in [0.3, 0.4) is 0 Å². The summed E-state index contributed by atoms with van der Waals surface area (Å²) in [4.78, 5) is 13.1. The summed E-state index contributed by atoms with van der Waals surface area (Å²) in [6.45, 7) is 3.80. The molecule has 81 heavy (non-hydrogen) atoms. The Balaban J connectivity index is 1.63. The van der Waals surface area contributed by atoms with Gasteiger partial charge < -0.3 is 64.2 Å². The highest BCUT2D eigenvalue weighted by Crippen LogP contribution is 2.27. The highest BCUT2D eigenvalue weighted by molar-refractivity contribution is 5.69. The molecule has 2 heterocycles. The number of aliphatic hydroxyl groups is 7. The lowest BCUT2D eigenvalue weighted by atomic mass is 9.98. The first-order chi connectivity index (χ1) is 39.6. The van der Waals surface area contributed by atoms with Crippen LogP contribution in [0.4, 0.5) is 0 Å². The fourth-order valence-electron chi connectivity index (χ4n) is 11.6. The fourth-order valence-corrected chi connectivity index (χ4v) is 11.6. The van der Waals surface area contributed by atoms with Crippen LogP contribution in [0.15, 0.2) is 0 Å². The zero-order valence-electron chi connectivity index (χ0n) is 52.3. The molecule has 14 nitrogen and oxygen atoms in total. The minimum absolute atomic E-state index is 0.0716. The van der Waals surface area contributed by atoms with Crippen LogP contribution >= 0.6 is 0 Å². The van der Waals surface area contributed by atoms with E-state index in [1.54, 1.807) is 0 Å². The minimum Gasteiger partial charge on any atom is -0.457 e. The van der Waals surface area contributed by atoms with E-state index in [2.05, 4.69) is 13.8 Å². The molecule has 2 aliphatic heterocycles. The number of aliphatic hydroxyl groups excluding tert-OH is 7. The molecule has 0 bridgehead atoms. The number of carbonyl (C=O) groups excluding carboxylic acids is 1. The zero-order chi connectivity index (χ0) is 58.6. The third kappa shape index (κ3) is 40.1. The molecule has 2 aliphatic rings. The lowest BCUT2D eigenvalue weighted by molar-refractivity contribution is -0.332. The van der Waals surface area contributed by atoms with Gasteiger partial charge in [0.25, 0.3) is 0 Å². The summed E-state index contributed by atoms with van der Waals surface area (Å²) in [7, 11) is 0. The second kappa shape index (κ2) is 54.4. The average molecular weight is 1160 g/mol. The molecule has 0 aromatic rings. The predicted molar refractivity (Wildman–Crippen MR) is 326 cm³/mol. The Morgan fingerprint density at radius 3 is 1.00 bits per heavy atom. The van der Waals surface area contributed by atoms with Gasteiger partial charge in [-0.25, -0.2) is 0 Å². The Hall–Kier alpha value is -1.01. The number of unbranched alkanes of at least 4 members (excludes halogenated alkanes) is 45. The smallest absolute Gasteiger partial charge is 0.306 e. The molecule has 2 fully saturated rings. The molecule has 14 heteroatoms. The zero-order valence-corrected chi connectivity index (χ0v) is 52.3. The molecule has 0 aromatic carbocycles. The second-order valence-electron chi connectivity index (χ2n) is 24.7. The van der Waals surface area contributed by atoms with Gasteiger partial charge in [-0.15, -0.1) is 0 Å². The number of carbonyl (C=O) groups is 1. The van der Waals surface area contributed by atoms with Crippen LogP contribution < -0.4 is 0 Å². The molecule has 0 saturated carbocycles. The second-order valence-corrected chi connectivity index (χ2v) is 24.7. The van der Waals surface area contributed by atoms with E-state index in [1.807, 2.05) is 0 Å². The van der Waals surface area contributed by atoms with Gasteiger partial charge in [0, 0.05) is 13.0 Å². The number of hydrogen-bond donors (Lipinski definition) is 7. The lowest BCUT2D eigenvalue weighted by Gasteiger charge is -2.42. The van der Waals surface area contributed by atoms with E-state index >= 15 is 0 Å². The van der Waals surface area contributed by atoms with E-state index < -0.39 is 80.7 Å². The maximum atomic E-state index is 13.1. The van der Waals surface area contributed by atoms with Crippen molar-refractivity contribution < 1.29 is 69.0 Å². The topological polar surface area (TPSA) is 214 Å². The van der Waals surface area contributed by atoms with Gasteiger partial charge in [0.15, 0.2) is 12.6 Å². The van der Waals surface area contributed by atoms with Gasteiger partial charge in [0.05, 0.1) is 26.4 Å². The minimum atomic E-state index is -1.70. The molecule has 0 aliphatic carbocycles. The van der Waals surface area contributed by atoms with Crippen molar-refractivity contribution in [2.45, 2.75) is 390 Å². The number of rotatable bonds is 59. The quantitative estimate of drug-likeness (QED) is 0.0223. The molecule has 11 unspecified atom stereocenters. The van der Waals surface area contributed by atoms with Crippen LogP contribution in [0.25, 0.3) is 0 Å². The SMILES string of the molecule is CCCCCCCCCCCCCCCCCCCCCCCCCCOCC(COC1OC(COC2OC(CO)C(O)C(O)C2O)C(O)C(O)C1O)OC(=O)CCCCCCCCCCCCCCCCCCCCCCCCC. The van der Waals surface area contributed by atoms with Crippen LogP contribution in [0.1, 0.15) is 322 Å². The van der Waals surface area contributed by atoms with Crippen molar-refractivity contribution in [3.8, 4) is 0 Å². The van der Waals surface area contributed by atoms with Crippen LogP contribution in [-0.2, 0) is 33.2 Å². The maximum absolute atomic E-state index is 13.1. The molecule has 7 N–H and O–H groups in total. The number of hydrogen-bond acceptors (Lipinski definition) is 14. The predicted octanol–water partition coefficient (Wildman–Crippen LogP) is 14.3. The molecule has 0 aromatic heterocycles. The third-order valence-electron chi connectivity index (χ3n) is 17.1. The fraction of sp³-hybridized carbons (Fsp3) is 0.985. The Kier molecular flexibility index (Phi) is 51.1. The Bertz CT molecular complexity index is 1340. The van der Waals surface area contributed by atoms with E-state index in [0.717, 1.165) is 44.9 Å². The van der Waals surface area contributed by atoms with E-state index in [4.69, 9.17) is 28.4 Å². The molecule has 0 spiro atoms. The molecule has 0 radical (unpaired) electrons. The molecule has 0 amide bonds. The standard InChI is InChI=1S/C67H130O14/c1-3-5-7-9-11-13-15-17-19-21-23-25-27-29-31-33-35-37-39-41-43-45-47-49-51-76-53-56(54-77-66-65(75)63(73)61(71)58(81-66)55-78-67-64(74)62(72)60(70)57(52-68)80-67)79-59(69)50-48-46-44-42-40-38-36-34-32-30-28-26-24-22-20-18-16-14-12-10-8-6-4-2/h56-58,60-68,70-75H,3-55H2,1-2H3. The van der Waals surface area contributed by atoms with Gasteiger partial charge in [0.1, 0.15) is 54.9 Å². The molecular formula is C67H130O14. The molecule has 2 saturated heterocycles. The van der Waals surface area contributed by atoms with Crippen LogP contribution in [0, 0.1) is 0 Å². The summed E-state index contributed by atoms with van der Waals surface area (Å²) in [5.74, 6) is -0.364.